The van der Waals surface area contributed by atoms with Crippen molar-refractivity contribution in [3.8, 4) is 17.9 Å². The molecule has 0 aliphatic heterocycles. The summed E-state index contributed by atoms with van der Waals surface area (Å²) in [6.45, 7) is 6.90. The van der Waals surface area contributed by atoms with Crippen molar-refractivity contribution in [3.63, 3.8) is 0 Å². The second kappa shape index (κ2) is 12.3. The number of ether oxygens (including phenoxy) is 1. The van der Waals surface area contributed by atoms with E-state index < -0.39 is 23.6 Å². The first kappa shape index (κ1) is 28.8. The van der Waals surface area contributed by atoms with Crippen LogP contribution in [0.1, 0.15) is 57.4 Å². The highest BCUT2D eigenvalue weighted by Gasteiger charge is 2.27. The summed E-state index contributed by atoms with van der Waals surface area (Å²) in [5.41, 5.74) is 1.70. The van der Waals surface area contributed by atoms with Crippen molar-refractivity contribution in [1.82, 2.24) is 19.9 Å². The highest BCUT2D eigenvalue weighted by Crippen LogP contribution is 2.26. The maximum absolute atomic E-state index is 12.8. The summed E-state index contributed by atoms with van der Waals surface area (Å²) in [5, 5.41) is 18.3. The number of hydrogen-bond acceptors (Lipinski definition) is 9. The van der Waals surface area contributed by atoms with Crippen LogP contribution in [-0.2, 0) is 9.53 Å². The zero-order valence-electron chi connectivity index (χ0n) is 23.6. The van der Waals surface area contributed by atoms with Gasteiger partial charge in [0.05, 0.1) is 23.4 Å². The van der Waals surface area contributed by atoms with Crippen molar-refractivity contribution >= 4 is 35.3 Å². The van der Waals surface area contributed by atoms with Crippen LogP contribution in [0.5, 0.6) is 0 Å². The number of likely N-dealkylation sites (N-methyl/N-ethyl adjacent to an activating group) is 1. The molecule has 0 spiro atoms. The van der Waals surface area contributed by atoms with Crippen molar-refractivity contribution in [3.05, 3.63) is 65.5 Å². The Hall–Kier alpha value is -5.16. The molecule has 3 N–H and O–H groups in total. The average molecular weight is 553 g/mol. The van der Waals surface area contributed by atoms with E-state index in [-0.39, 0.29) is 0 Å². The molecule has 0 unspecified atom stereocenters. The molecule has 11 nitrogen and oxygen atoms in total. The van der Waals surface area contributed by atoms with Crippen LogP contribution in [0.15, 0.2) is 48.7 Å². The van der Waals surface area contributed by atoms with Crippen molar-refractivity contribution in [2.45, 2.75) is 58.2 Å². The third-order valence-corrected chi connectivity index (χ3v) is 5.94. The van der Waals surface area contributed by atoms with E-state index in [1.165, 1.54) is 11.9 Å². The third kappa shape index (κ3) is 8.41. The number of nitrogens with zero attached hydrogens (tertiary/aromatic N) is 5. The minimum Gasteiger partial charge on any atom is -0.444 e. The Labute approximate surface area is 239 Å². The second-order valence-electron chi connectivity index (χ2n) is 10.6. The van der Waals surface area contributed by atoms with E-state index in [9.17, 15) is 9.59 Å². The van der Waals surface area contributed by atoms with Crippen LogP contribution in [0.3, 0.4) is 0 Å². The Bertz CT molecular complexity index is 1530. The van der Waals surface area contributed by atoms with Crippen LogP contribution in [0.25, 0.3) is 0 Å². The third-order valence-electron chi connectivity index (χ3n) is 5.94. The normalized spacial score (nSPS) is 13.1. The smallest absolute Gasteiger partial charge is 0.410 e. The Morgan fingerprint density at radius 3 is 2.49 bits per heavy atom. The van der Waals surface area contributed by atoms with Crippen molar-refractivity contribution in [1.29, 1.82) is 5.26 Å². The lowest BCUT2D eigenvalue weighted by Crippen LogP contribution is -2.45. The number of aromatic nitrogens is 3. The first-order valence-electron chi connectivity index (χ1n) is 13.2. The molecular formula is C30H32N8O3. The predicted molar refractivity (Wildman–Crippen MR) is 155 cm³/mol. The highest BCUT2D eigenvalue weighted by molar-refractivity contribution is 5.95. The lowest BCUT2D eigenvalue weighted by Gasteiger charge is -2.28. The molecule has 1 aliphatic carbocycles. The van der Waals surface area contributed by atoms with Gasteiger partial charge < -0.3 is 20.7 Å². The Morgan fingerprint density at radius 1 is 1.10 bits per heavy atom. The number of rotatable bonds is 7. The lowest BCUT2D eigenvalue weighted by atomic mass is 10.2. The van der Waals surface area contributed by atoms with E-state index >= 15 is 0 Å². The standard InChI is InChI=1S/C30H32N8O3/c1-19(38(5)29(40)41-30(2,3)4)27(39)36-25-8-6-7-22(33-25)14-11-21-18-32-28(37-26(21)34-23-15-16-23)35-24-12-9-20(17-31)10-13-24/h6-10,12-13,18-19,23H,15-16H2,1-5H3,(H,33,36,39)(H2,32,34,35,37)/t19-/m0/s1. The van der Waals surface area contributed by atoms with Crippen LogP contribution >= 0.6 is 0 Å². The van der Waals surface area contributed by atoms with Gasteiger partial charge in [-0.1, -0.05) is 12.0 Å². The van der Waals surface area contributed by atoms with Crippen LogP contribution in [-0.4, -0.2) is 56.6 Å². The van der Waals surface area contributed by atoms with E-state index in [0.29, 0.717) is 40.4 Å². The summed E-state index contributed by atoms with van der Waals surface area (Å²) in [7, 11) is 1.51. The molecule has 1 aliphatic rings. The highest BCUT2D eigenvalue weighted by atomic mass is 16.6. The van der Waals surface area contributed by atoms with Gasteiger partial charge in [-0.25, -0.2) is 14.8 Å². The molecule has 3 aromatic rings. The van der Waals surface area contributed by atoms with Crippen LogP contribution in [0.4, 0.5) is 28.1 Å². The minimum atomic E-state index is -0.786. The summed E-state index contributed by atoms with van der Waals surface area (Å²) in [6.07, 6.45) is 3.15. The van der Waals surface area contributed by atoms with E-state index in [1.807, 2.05) is 0 Å². The zero-order valence-corrected chi connectivity index (χ0v) is 23.6. The molecule has 1 atom stereocenters. The van der Waals surface area contributed by atoms with Gasteiger partial charge in [-0.05, 0) is 82.9 Å². The van der Waals surface area contributed by atoms with Crippen molar-refractivity contribution in [2.75, 3.05) is 23.0 Å². The molecule has 0 radical (unpaired) electrons. The minimum absolute atomic E-state index is 0.306. The number of anilines is 4. The number of nitrogens with one attached hydrogen (secondary N) is 3. The number of carbonyl (C=O) groups excluding carboxylic acids is 2. The number of hydrogen-bond donors (Lipinski definition) is 3. The molecular weight excluding hydrogens is 520 g/mol. The molecule has 2 amide bonds. The topological polar surface area (TPSA) is 145 Å². The molecule has 4 rings (SSSR count). The second-order valence-corrected chi connectivity index (χ2v) is 10.6. The molecule has 2 heterocycles. The molecule has 11 heteroatoms. The van der Waals surface area contributed by atoms with Gasteiger partial charge in [0.2, 0.25) is 11.9 Å². The fourth-order valence-electron chi connectivity index (χ4n) is 3.43. The largest absolute Gasteiger partial charge is 0.444 e. The molecule has 1 saturated carbocycles. The number of benzene rings is 1. The Balaban J connectivity index is 1.46. The Kier molecular flexibility index (Phi) is 8.69. The van der Waals surface area contributed by atoms with Gasteiger partial charge in [-0.2, -0.15) is 10.2 Å². The lowest BCUT2D eigenvalue weighted by molar-refractivity contribution is -0.120. The number of pyridine rings is 1. The molecule has 0 saturated heterocycles. The van der Waals surface area contributed by atoms with Crippen LogP contribution in [0, 0.1) is 23.2 Å². The number of nitriles is 1. The van der Waals surface area contributed by atoms with Crippen molar-refractivity contribution < 1.29 is 14.3 Å². The maximum atomic E-state index is 12.8. The molecule has 41 heavy (non-hydrogen) atoms. The molecule has 210 valence electrons. The first-order chi connectivity index (χ1) is 19.5. The number of amides is 2. The van der Waals surface area contributed by atoms with Gasteiger partial charge >= 0.3 is 6.09 Å². The average Bonchev–Trinajstić information content (AvgIpc) is 3.75. The summed E-state index contributed by atoms with van der Waals surface area (Å²) in [4.78, 5) is 39.8. The molecule has 0 bridgehead atoms. The monoisotopic (exact) mass is 552 g/mol. The number of carbonyl (C=O) groups is 2. The van der Waals surface area contributed by atoms with Gasteiger partial charge in [0.15, 0.2) is 0 Å². The summed E-state index contributed by atoms with van der Waals surface area (Å²) in [5.74, 6) is 7.00. The fourth-order valence-corrected chi connectivity index (χ4v) is 3.43. The summed E-state index contributed by atoms with van der Waals surface area (Å²) >= 11 is 0. The quantitative estimate of drug-likeness (QED) is 0.356. The van der Waals surface area contributed by atoms with Gasteiger partial charge in [0.1, 0.15) is 29.0 Å². The SMILES string of the molecule is C[C@@H](C(=O)Nc1cccc(C#Cc2cnc(Nc3ccc(C#N)cc3)nc2NC2CC2)n1)N(C)C(=O)OC(C)(C)C. The van der Waals surface area contributed by atoms with Gasteiger partial charge in [0, 0.05) is 18.8 Å². The summed E-state index contributed by atoms with van der Waals surface area (Å²) < 4.78 is 5.34. The molecule has 1 fully saturated rings. The predicted octanol–water partition coefficient (Wildman–Crippen LogP) is 4.65. The first-order valence-corrected chi connectivity index (χ1v) is 13.2. The van der Waals surface area contributed by atoms with E-state index in [4.69, 9.17) is 10.00 Å². The molecule has 2 aromatic heterocycles. The van der Waals surface area contributed by atoms with Crippen LogP contribution < -0.4 is 16.0 Å². The molecule has 1 aromatic carbocycles. The van der Waals surface area contributed by atoms with Crippen LogP contribution in [0.2, 0.25) is 0 Å². The maximum Gasteiger partial charge on any atom is 0.410 e. The van der Waals surface area contributed by atoms with Gasteiger partial charge in [0.25, 0.3) is 0 Å². The fraction of sp³-hybridized carbons (Fsp3) is 0.333. The van der Waals surface area contributed by atoms with Crippen molar-refractivity contribution in [2.24, 2.45) is 0 Å². The van der Waals surface area contributed by atoms with Gasteiger partial charge in [-0.15, -0.1) is 0 Å². The Morgan fingerprint density at radius 2 is 1.83 bits per heavy atom. The van der Waals surface area contributed by atoms with E-state index in [2.05, 4.69) is 48.8 Å². The van der Waals surface area contributed by atoms with E-state index in [0.717, 1.165) is 18.5 Å². The summed E-state index contributed by atoms with van der Waals surface area (Å²) in [6, 6.07) is 13.8. The van der Waals surface area contributed by atoms with E-state index in [1.54, 1.807) is 76.4 Å². The zero-order chi connectivity index (χ0) is 29.6. The van der Waals surface area contributed by atoms with Gasteiger partial charge in [-0.3, -0.25) is 9.69 Å².